The molecule has 0 bridgehead atoms. The van der Waals surface area contributed by atoms with E-state index in [1.54, 1.807) is 36.1 Å². The maximum Gasteiger partial charge on any atom is 0.267 e. The van der Waals surface area contributed by atoms with Crippen LogP contribution in [0.3, 0.4) is 0 Å². The molecular formula is C24H27N3O5S3. The predicted molar refractivity (Wildman–Crippen MR) is 139 cm³/mol. The second-order valence-corrected chi connectivity index (χ2v) is 13.2. The highest BCUT2D eigenvalue weighted by Gasteiger charge is 2.33. The van der Waals surface area contributed by atoms with Crippen molar-refractivity contribution in [1.29, 1.82) is 0 Å². The Morgan fingerprint density at radius 2 is 2.06 bits per heavy atom. The first-order valence-electron chi connectivity index (χ1n) is 11.6. The van der Waals surface area contributed by atoms with E-state index < -0.39 is 9.84 Å². The Labute approximate surface area is 212 Å². The molecule has 8 nitrogen and oxygen atoms in total. The summed E-state index contributed by atoms with van der Waals surface area (Å²) in [6.07, 6.45) is 4.45. The summed E-state index contributed by atoms with van der Waals surface area (Å²) in [5, 5.41) is 1.09. The Morgan fingerprint density at radius 3 is 2.80 bits per heavy atom. The number of nitrogens with zero attached hydrogens (tertiary/aromatic N) is 3. The van der Waals surface area contributed by atoms with Gasteiger partial charge in [-0.1, -0.05) is 23.9 Å². The van der Waals surface area contributed by atoms with Crippen LogP contribution in [0.1, 0.15) is 29.7 Å². The third-order valence-corrected chi connectivity index (χ3v) is 10.6. The van der Waals surface area contributed by atoms with Crippen molar-refractivity contribution in [3.05, 3.63) is 45.1 Å². The van der Waals surface area contributed by atoms with Crippen LogP contribution in [0.15, 0.2) is 34.2 Å². The molecule has 0 N–H and O–H groups in total. The minimum absolute atomic E-state index is 0.00319. The van der Waals surface area contributed by atoms with E-state index in [0.717, 1.165) is 31.2 Å². The van der Waals surface area contributed by atoms with Gasteiger partial charge in [-0.25, -0.2) is 13.4 Å². The summed E-state index contributed by atoms with van der Waals surface area (Å²) >= 11 is 2.77. The molecule has 2 aromatic heterocycles. The quantitative estimate of drug-likeness (QED) is 0.355. The van der Waals surface area contributed by atoms with E-state index in [4.69, 9.17) is 9.72 Å². The maximum atomic E-state index is 13.9. The maximum absolute atomic E-state index is 13.9. The third kappa shape index (κ3) is 4.61. The molecule has 1 amide bonds. The van der Waals surface area contributed by atoms with Gasteiger partial charge < -0.3 is 9.64 Å². The molecule has 0 saturated carbocycles. The first kappa shape index (κ1) is 24.3. The van der Waals surface area contributed by atoms with Crippen molar-refractivity contribution in [2.75, 3.05) is 31.4 Å². The highest BCUT2D eigenvalue weighted by molar-refractivity contribution is 7.99. The van der Waals surface area contributed by atoms with Crippen LogP contribution in [0.25, 0.3) is 15.9 Å². The van der Waals surface area contributed by atoms with Gasteiger partial charge in [0, 0.05) is 18.0 Å². The largest absolute Gasteiger partial charge is 0.495 e. The number of methoxy groups -OCH3 is 1. The first-order valence-corrected chi connectivity index (χ1v) is 15.2. The summed E-state index contributed by atoms with van der Waals surface area (Å²) in [5.74, 6) is 0.504. The summed E-state index contributed by atoms with van der Waals surface area (Å²) < 4.78 is 30.8. The number of fused-ring (bicyclic) bond motifs is 3. The number of hydrogen-bond acceptors (Lipinski definition) is 8. The number of ether oxygens (including phenoxy) is 1. The Kier molecular flexibility index (Phi) is 6.67. The van der Waals surface area contributed by atoms with Gasteiger partial charge in [-0.15, -0.1) is 11.3 Å². The Balaban J connectivity index is 1.54. The number of sulfone groups is 1. The Hall–Kier alpha value is -2.37. The zero-order valence-corrected chi connectivity index (χ0v) is 22.1. The van der Waals surface area contributed by atoms with Gasteiger partial charge in [-0.3, -0.25) is 14.2 Å². The second-order valence-electron chi connectivity index (χ2n) is 8.95. The van der Waals surface area contributed by atoms with Crippen molar-refractivity contribution in [2.24, 2.45) is 0 Å². The molecule has 11 heteroatoms. The van der Waals surface area contributed by atoms with Crippen LogP contribution in [-0.4, -0.2) is 66.2 Å². The molecule has 1 aliphatic carbocycles. The van der Waals surface area contributed by atoms with Crippen LogP contribution in [-0.2, 0) is 27.5 Å². The number of benzene rings is 1. The number of aryl methyl sites for hydroxylation is 2. The Bertz CT molecular complexity index is 1460. The average molecular weight is 534 g/mol. The molecule has 35 heavy (non-hydrogen) atoms. The lowest BCUT2D eigenvalue weighted by Gasteiger charge is -2.23. The lowest BCUT2D eigenvalue weighted by Crippen LogP contribution is -2.39. The van der Waals surface area contributed by atoms with Crippen LogP contribution in [0.4, 0.5) is 0 Å². The number of carbonyl (C=O) groups excluding carboxylic acids is 1. The first-order chi connectivity index (χ1) is 16.8. The average Bonchev–Trinajstić information content (AvgIpc) is 3.41. The van der Waals surface area contributed by atoms with Crippen molar-refractivity contribution in [3.8, 4) is 11.4 Å². The number of carbonyl (C=O) groups is 1. The monoisotopic (exact) mass is 533 g/mol. The summed E-state index contributed by atoms with van der Waals surface area (Å²) in [6.45, 7) is 0. The Morgan fingerprint density at radius 1 is 1.29 bits per heavy atom. The molecule has 1 aromatic carbocycles. The van der Waals surface area contributed by atoms with Crippen LogP contribution >= 0.6 is 23.1 Å². The minimum atomic E-state index is -3.09. The SMILES string of the molecule is COc1ccccc1-n1c(SCC(=O)N(C)[C@H]2CCS(=O)(=O)C2)nc2sc3c(c2c1=O)CCCC3. The molecule has 0 spiro atoms. The van der Waals surface area contributed by atoms with Gasteiger partial charge in [0.1, 0.15) is 10.6 Å². The van der Waals surface area contributed by atoms with Gasteiger partial charge >= 0.3 is 0 Å². The molecule has 5 rings (SSSR count). The lowest BCUT2D eigenvalue weighted by molar-refractivity contribution is -0.128. The predicted octanol–water partition coefficient (Wildman–Crippen LogP) is 3.07. The third-order valence-electron chi connectivity index (χ3n) is 6.76. The zero-order valence-electron chi connectivity index (χ0n) is 19.7. The van der Waals surface area contributed by atoms with E-state index in [2.05, 4.69) is 0 Å². The standard InChI is InChI=1S/C24H27N3O5S3/c1-26(15-11-12-35(30,31)14-15)20(28)13-33-24-25-22-21(16-7-3-6-10-19(16)34-22)23(29)27(24)17-8-4-5-9-18(17)32-2/h4-5,8-9,15H,3,6-7,10-14H2,1-2H3/t15-/m0/s1. The number of para-hydroxylation sites is 2. The van der Waals surface area contributed by atoms with E-state index in [9.17, 15) is 18.0 Å². The summed E-state index contributed by atoms with van der Waals surface area (Å²) in [6, 6.07) is 6.97. The zero-order chi connectivity index (χ0) is 24.7. The van der Waals surface area contributed by atoms with Crippen molar-refractivity contribution >= 4 is 49.1 Å². The van der Waals surface area contributed by atoms with Gasteiger partial charge in [-0.2, -0.15) is 0 Å². The molecule has 1 aliphatic heterocycles. The molecule has 0 unspecified atom stereocenters. The molecule has 1 saturated heterocycles. The molecule has 0 radical (unpaired) electrons. The molecule has 1 atom stereocenters. The highest BCUT2D eigenvalue weighted by atomic mass is 32.2. The highest BCUT2D eigenvalue weighted by Crippen LogP contribution is 2.36. The van der Waals surface area contributed by atoms with Crippen molar-refractivity contribution in [3.63, 3.8) is 0 Å². The van der Waals surface area contributed by atoms with E-state index in [0.29, 0.717) is 33.2 Å². The minimum Gasteiger partial charge on any atom is -0.495 e. The molecule has 1 fully saturated rings. The van der Waals surface area contributed by atoms with Crippen molar-refractivity contribution in [1.82, 2.24) is 14.5 Å². The van der Waals surface area contributed by atoms with Crippen molar-refractivity contribution < 1.29 is 17.9 Å². The molecule has 2 aliphatic rings. The number of hydrogen-bond donors (Lipinski definition) is 0. The molecule has 3 heterocycles. The van der Waals surface area contributed by atoms with Gasteiger partial charge in [-0.05, 0) is 49.8 Å². The number of thioether (sulfide) groups is 1. The number of rotatable bonds is 6. The van der Waals surface area contributed by atoms with Crippen LogP contribution in [0.2, 0.25) is 0 Å². The van der Waals surface area contributed by atoms with E-state index in [1.807, 2.05) is 18.2 Å². The summed E-state index contributed by atoms with van der Waals surface area (Å²) in [4.78, 5) is 35.2. The van der Waals surface area contributed by atoms with Gasteiger partial charge in [0.25, 0.3) is 5.56 Å². The fraction of sp³-hybridized carbons (Fsp3) is 0.458. The van der Waals surface area contributed by atoms with Crippen LogP contribution in [0, 0.1) is 0 Å². The smallest absolute Gasteiger partial charge is 0.267 e. The number of amides is 1. The van der Waals surface area contributed by atoms with E-state index in [-0.39, 0.29) is 34.8 Å². The fourth-order valence-electron chi connectivity index (χ4n) is 4.82. The lowest BCUT2D eigenvalue weighted by atomic mass is 9.97. The normalized spacial score (nSPS) is 19.0. The summed E-state index contributed by atoms with van der Waals surface area (Å²) in [5.41, 5.74) is 1.53. The number of aromatic nitrogens is 2. The van der Waals surface area contributed by atoms with Crippen LogP contribution in [0.5, 0.6) is 5.75 Å². The van der Waals surface area contributed by atoms with E-state index in [1.165, 1.54) is 21.5 Å². The fourth-order valence-corrected chi connectivity index (χ4v) is 8.83. The van der Waals surface area contributed by atoms with Gasteiger partial charge in [0.05, 0.1) is 35.4 Å². The molecule has 186 valence electrons. The second kappa shape index (κ2) is 9.59. The van der Waals surface area contributed by atoms with Gasteiger partial charge in [0.15, 0.2) is 15.0 Å². The van der Waals surface area contributed by atoms with Gasteiger partial charge in [0.2, 0.25) is 5.91 Å². The topological polar surface area (TPSA) is 98.6 Å². The van der Waals surface area contributed by atoms with Crippen LogP contribution < -0.4 is 10.3 Å². The number of thiophene rings is 1. The van der Waals surface area contributed by atoms with E-state index >= 15 is 0 Å². The van der Waals surface area contributed by atoms with Crippen molar-refractivity contribution in [2.45, 2.75) is 43.3 Å². The summed E-state index contributed by atoms with van der Waals surface area (Å²) in [7, 11) is 0.109. The molecule has 3 aromatic rings. The molecular weight excluding hydrogens is 506 g/mol.